The van der Waals surface area contributed by atoms with Crippen LogP contribution in [0.15, 0.2) is 73.9 Å². The summed E-state index contributed by atoms with van der Waals surface area (Å²) in [5.74, 6) is 0. The molecule has 0 bridgehead atoms. The van der Waals surface area contributed by atoms with Crippen molar-refractivity contribution in [2.45, 2.75) is 6.42 Å². The molecule has 1 aromatic rings. The summed E-state index contributed by atoms with van der Waals surface area (Å²) in [6.45, 7) is 8.19. The van der Waals surface area contributed by atoms with E-state index in [-0.39, 0.29) is 5.41 Å². The largest absolute Gasteiger partial charge is 0.102 e. The van der Waals surface area contributed by atoms with Gasteiger partial charge in [-0.3, -0.25) is 0 Å². The molecule has 16 heavy (non-hydrogen) atoms. The Bertz CT molecular complexity index is 448. The van der Waals surface area contributed by atoms with Gasteiger partial charge in [-0.05, 0) is 17.6 Å². The van der Waals surface area contributed by atoms with Crippen molar-refractivity contribution in [3.8, 4) is 0 Å². The molecule has 1 aliphatic carbocycles. The van der Waals surface area contributed by atoms with Crippen molar-refractivity contribution in [3.63, 3.8) is 0 Å². The van der Waals surface area contributed by atoms with Crippen molar-refractivity contribution in [1.29, 1.82) is 0 Å². The van der Waals surface area contributed by atoms with Crippen molar-refractivity contribution < 1.29 is 0 Å². The molecule has 80 valence electrons. The van der Waals surface area contributed by atoms with E-state index in [0.29, 0.717) is 0 Å². The number of hydrogen-bond donors (Lipinski definition) is 0. The minimum atomic E-state index is -0.115. The molecule has 1 unspecified atom stereocenters. The van der Waals surface area contributed by atoms with Crippen LogP contribution in [0.1, 0.15) is 12.0 Å². The molecule has 1 aromatic carbocycles. The zero-order valence-electron chi connectivity index (χ0n) is 9.39. The summed E-state index contributed by atoms with van der Waals surface area (Å²) in [6, 6.07) is 10.3. The van der Waals surface area contributed by atoms with Crippen molar-refractivity contribution in [2.75, 3.05) is 0 Å². The summed E-state index contributed by atoms with van der Waals surface area (Å²) in [4.78, 5) is 0. The van der Waals surface area contributed by atoms with Crippen molar-refractivity contribution >= 4 is 5.57 Å². The first-order valence-corrected chi connectivity index (χ1v) is 5.51. The highest BCUT2D eigenvalue weighted by atomic mass is 14.3. The minimum Gasteiger partial charge on any atom is -0.102 e. The lowest BCUT2D eigenvalue weighted by molar-refractivity contribution is 0.660. The molecular weight excluding hydrogens is 192 g/mol. The molecule has 0 nitrogen and oxygen atoms in total. The standard InChI is InChI=1S/C16H16/c1-3-16(12-8-5-9-13-16)14(2)15-10-6-4-7-11-15/h3-12H,1-2,13H2. The molecule has 0 aromatic heterocycles. The Morgan fingerprint density at radius 2 is 1.94 bits per heavy atom. The van der Waals surface area contributed by atoms with Crippen molar-refractivity contribution in [2.24, 2.45) is 5.41 Å². The summed E-state index contributed by atoms with van der Waals surface area (Å²) in [5.41, 5.74) is 2.18. The minimum absolute atomic E-state index is 0.115. The lowest BCUT2D eigenvalue weighted by atomic mass is 9.73. The molecule has 0 N–H and O–H groups in total. The van der Waals surface area contributed by atoms with Gasteiger partial charge in [-0.15, -0.1) is 6.58 Å². The van der Waals surface area contributed by atoms with E-state index >= 15 is 0 Å². The maximum absolute atomic E-state index is 4.24. The second-order valence-electron chi connectivity index (χ2n) is 4.08. The zero-order chi connectivity index (χ0) is 11.4. The van der Waals surface area contributed by atoms with Crippen LogP contribution < -0.4 is 0 Å². The predicted molar refractivity (Wildman–Crippen MR) is 71.0 cm³/mol. The third-order valence-electron chi connectivity index (χ3n) is 3.14. The average Bonchev–Trinajstić information content (AvgIpc) is 2.39. The highest BCUT2D eigenvalue weighted by Gasteiger charge is 2.27. The molecule has 0 amide bonds. The van der Waals surface area contributed by atoms with Gasteiger partial charge in [-0.1, -0.05) is 67.3 Å². The Balaban J connectivity index is 2.37. The first kappa shape index (κ1) is 10.7. The normalized spacial score (nSPS) is 23.0. The van der Waals surface area contributed by atoms with Gasteiger partial charge >= 0.3 is 0 Å². The summed E-state index contributed by atoms with van der Waals surface area (Å²) >= 11 is 0. The molecular formula is C16H16. The van der Waals surface area contributed by atoms with Gasteiger partial charge in [-0.2, -0.15) is 0 Å². The third kappa shape index (κ3) is 1.79. The van der Waals surface area contributed by atoms with Gasteiger partial charge in [0.15, 0.2) is 0 Å². The average molecular weight is 208 g/mol. The zero-order valence-corrected chi connectivity index (χ0v) is 9.39. The highest BCUT2D eigenvalue weighted by molar-refractivity contribution is 5.72. The molecule has 0 spiro atoms. The van der Waals surface area contributed by atoms with Crippen LogP contribution in [0.25, 0.3) is 5.57 Å². The number of rotatable bonds is 3. The Kier molecular flexibility index (Phi) is 2.91. The fourth-order valence-corrected chi connectivity index (χ4v) is 2.04. The number of allylic oxidation sites excluding steroid dienone is 6. The summed E-state index contributed by atoms with van der Waals surface area (Å²) in [6.07, 6.45) is 11.4. The number of hydrogen-bond acceptors (Lipinski definition) is 0. The Labute approximate surface area is 97.3 Å². The number of benzene rings is 1. The van der Waals surface area contributed by atoms with Crippen LogP contribution in [0.3, 0.4) is 0 Å². The van der Waals surface area contributed by atoms with Crippen LogP contribution in [0.2, 0.25) is 0 Å². The van der Waals surface area contributed by atoms with Crippen LogP contribution in [-0.2, 0) is 0 Å². The van der Waals surface area contributed by atoms with E-state index < -0.39 is 0 Å². The van der Waals surface area contributed by atoms with Gasteiger partial charge in [-0.25, -0.2) is 0 Å². The second-order valence-corrected chi connectivity index (χ2v) is 4.08. The molecule has 0 aliphatic heterocycles. The second kappa shape index (κ2) is 4.36. The van der Waals surface area contributed by atoms with E-state index in [1.54, 1.807) is 0 Å². The van der Waals surface area contributed by atoms with E-state index in [0.717, 1.165) is 12.0 Å². The molecule has 0 fully saturated rings. The summed E-state index contributed by atoms with van der Waals surface area (Å²) in [7, 11) is 0. The maximum Gasteiger partial charge on any atom is 0.0347 e. The van der Waals surface area contributed by atoms with Gasteiger partial charge in [0.25, 0.3) is 0 Å². The first-order valence-electron chi connectivity index (χ1n) is 5.51. The van der Waals surface area contributed by atoms with E-state index in [1.165, 1.54) is 5.56 Å². The molecule has 1 atom stereocenters. The van der Waals surface area contributed by atoms with Gasteiger partial charge in [0.2, 0.25) is 0 Å². The van der Waals surface area contributed by atoms with E-state index in [9.17, 15) is 0 Å². The smallest absolute Gasteiger partial charge is 0.0347 e. The molecule has 1 aliphatic rings. The molecule has 0 saturated heterocycles. The van der Waals surface area contributed by atoms with Crippen LogP contribution in [-0.4, -0.2) is 0 Å². The van der Waals surface area contributed by atoms with Gasteiger partial charge in [0.05, 0.1) is 0 Å². The lowest BCUT2D eigenvalue weighted by Crippen LogP contribution is -2.17. The predicted octanol–water partition coefficient (Wildman–Crippen LogP) is 4.39. The maximum atomic E-state index is 4.24. The van der Waals surface area contributed by atoms with Crippen LogP contribution in [0, 0.1) is 5.41 Å². The van der Waals surface area contributed by atoms with E-state index in [1.807, 2.05) is 24.3 Å². The highest BCUT2D eigenvalue weighted by Crippen LogP contribution is 2.41. The topological polar surface area (TPSA) is 0 Å². The quantitative estimate of drug-likeness (QED) is 0.646. The monoisotopic (exact) mass is 208 g/mol. The SMILES string of the molecule is C=CC1(C(=C)c2ccccc2)C=CC=CC1. The van der Waals surface area contributed by atoms with Crippen LogP contribution in [0.4, 0.5) is 0 Å². The summed E-state index contributed by atoms with van der Waals surface area (Å²) in [5, 5.41) is 0. The first-order chi connectivity index (χ1) is 7.78. The fourth-order valence-electron chi connectivity index (χ4n) is 2.04. The van der Waals surface area contributed by atoms with Gasteiger partial charge in [0.1, 0.15) is 0 Å². The van der Waals surface area contributed by atoms with Crippen molar-refractivity contribution in [1.82, 2.24) is 0 Å². The molecule has 0 heterocycles. The molecule has 0 radical (unpaired) electrons. The summed E-state index contributed by atoms with van der Waals surface area (Å²) < 4.78 is 0. The van der Waals surface area contributed by atoms with Crippen LogP contribution in [0.5, 0.6) is 0 Å². The lowest BCUT2D eigenvalue weighted by Gasteiger charge is -2.30. The van der Waals surface area contributed by atoms with Crippen LogP contribution >= 0.6 is 0 Å². The van der Waals surface area contributed by atoms with E-state index in [4.69, 9.17) is 0 Å². The molecule has 0 saturated carbocycles. The Morgan fingerprint density at radius 1 is 1.19 bits per heavy atom. The third-order valence-corrected chi connectivity index (χ3v) is 3.14. The Hall–Kier alpha value is -1.82. The molecule has 2 rings (SSSR count). The van der Waals surface area contributed by atoms with Gasteiger partial charge in [0, 0.05) is 5.41 Å². The fraction of sp³-hybridized carbons (Fsp3) is 0.125. The van der Waals surface area contributed by atoms with Gasteiger partial charge < -0.3 is 0 Å². The molecule has 0 heteroatoms. The van der Waals surface area contributed by atoms with Crippen molar-refractivity contribution in [3.05, 3.63) is 79.4 Å². The Morgan fingerprint density at radius 3 is 2.50 bits per heavy atom. The van der Waals surface area contributed by atoms with E-state index in [2.05, 4.69) is 49.6 Å².